The van der Waals surface area contributed by atoms with E-state index in [0.717, 1.165) is 22.5 Å². The molecular weight excluding hydrogens is 478 g/mol. The van der Waals surface area contributed by atoms with Gasteiger partial charge in [0.05, 0.1) is 27.7 Å². The Hall–Kier alpha value is -3.62. The average molecular weight is 506 g/mol. The van der Waals surface area contributed by atoms with Crippen LogP contribution in [0.15, 0.2) is 47.4 Å². The van der Waals surface area contributed by atoms with E-state index >= 15 is 0 Å². The fourth-order valence-corrected chi connectivity index (χ4v) is 4.00. The molecule has 36 heavy (non-hydrogen) atoms. The van der Waals surface area contributed by atoms with Crippen molar-refractivity contribution in [3.63, 3.8) is 0 Å². The predicted octanol–water partition coefficient (Wildman–Crippen LogP) is 4.78. The smallest absolute Gasteiger partial charge is 0.264 e. The monoisotopic (exact) mass is 505 g/mol. The SMILES string of the molecule is Cc1cccc(COc2nc(C)n(-c3cc(-c4nc(C(C)(C)O)ncc4C)ccc3Cl)c(=O)c2C)n1. The Labute approximate surface area is 214 Å². The van der Waals surface area contributed by atoms with Gasteiger partial charge < -0.3 is 9.84 Å². The summed E-state index contributed by atoms with van der Waals surface area (Å²) in [5.41, 5.74) is 3.18. The van der Waals surface area contributed by atoms with E-state index in [2.05, 4.69) is 19.9 Å². The van der Waals surface area contributed by atoms with Crippen LogP contribution in [0.5, 0.6) is 5.88 Å². The molecule has 4 rings (SSSR count). The zero-order valence-electron chi connectivity index (χ0n) is 21.1. The van der Waals surface area contributed by atoms with E-state index in [9.17, 15) is 9.90 Å². The topological polar surface area (TPSA) is 103 Å². The van der Waals surface area contributed by atoms with Crippen LogP contribution in [0.1, 0.15) is 48.0 Å². The predicted molar refractivity (Wildman–Crippen MR) is 139 cm³/mol. The van der Waals surface area contributed by atoms with Gasteiger partial charge in [-0.25, -0.2) is 9.97 Å². The zero-order chi connectivity index (χ0) is 26.2. The maximum Gasteiger partial charge on any atom is 0.264 e. The first kappa shape index (κ1) is 25.5. The van der Waals surface area contributed by atoms with Gasteiger partial charge in [-0.3, -0.25) is 14.3 Å². The average Bonchev–Trinajstić information content (AvgIpc) is 2.81. The molecule has 0 aliphatic carbocycles. The number of hydrogen-bond acceptors (Lipinski definition) is 7. The first-order chi connectivity index (χ1) is 17.0. The molecule has 3 heterocycles. The first-order valence-electron chi connectivity index (χ1n) is 11.5. The van der Waals surface area contributed by atoms with E-state index in [4.69, 9.17) is 16.3 Å². The minimum absolute atomic E-state index is 0.200. The fourth-order valence-electron chi connectivity index (χ4n) is 3.79. The van der Waals surface area contributed by atoms with E-state index in [1.54, 1.807) is 46.0 Å². The molecule has 0 saturated heterocycles. The van der Waals surface area contributed by atoms with Crippen LogP contribution in [-0.2, 0) is 12.2 Å². The summed E-state index contributed by atoms with van der Waals surface area (Å²) in [6.45, 7) is 10.7. The minimum atomic E-state index is -1.20. The zero-order valence-corrected chi connectivity index (χ0v) is 21.9. The molecule has 8 nitrogen and oxygen atoms in total. The third-order valence-corrected chi connectivity index (χ3v) is 6.03. The first-order valence-corrected chi connectivity index (χ1v) is 11.9. The number of hydrogen-bond donors (Lipinski definition) is 1. The number of aliphatic hydroxyl groups is 1. The molecule has 0 saturated carbocycles. The lowest BCUT2D eigenvalue weighted by molar-refractivity contribution is 0.0688. The number of pyridine rings is 1. The number of aromatic nitrogens is 5. The van der Waals surface area contributed by atoms with Crippen molar-refractivity contribution >= 4 is 11.6 Å². The Bertz CT molecular complexity index is 1510. The highest BCUT2D eigenvalue weighted by molar-refractivity contribution is 6.32. The van der Waals surface area contributed by atoms with Gasteiger partial charge in [0, 0.05) is 17.5 Å². The van der Waals surface area contributed by atoms with Crippen LogP contribution in [-0.4, -0.2) is 29.6 Å². The van der Waals surface area contributed by atoms with Crippen LogP contribution >= 0.6 is 11.6 Å². The van der Waals surface area contributed by atoms with Crippen LogP contribution < -0.4 is 10.3 Å². The van der Waals surface area contributed by atoms with Gasteiger partial charge in [-0.15, -0.1) is 0 Å². The van der Waals surface area contributed by atoms with Crippen molar-refractivity contribution < 1.29 is 9.84 Å². The van der Waals surface area contributed by atoms with E-state index in [0.29, 0.717) is 33.6 Å². The van der Waals surface area contributed by atoms with Gasteiger partial charge in [0.2, 0.25) is 5.88 Å². The maximum absolute atomic E-state index is 13.4. The van der Waals surface area contributed by atoms with Crippen molar-refractivity contribution in [3.8, 4) is 22.8 Å². The standard InChI is InChI=1S/C27H28ClN5O3/c1-15-13-29-26(27(5,6)35)32-23(15)19-10-11-21(28)22(12-19)33-18(4)31-24(17(3)25(33)34)36-14-20-9-7-8-16(2)30-20/h7-13,35H,14H2,1-6H3. The molecule has 0 bridgehead atoms. The molecule has 3 aromatic heterocycles. The number of halogens is 1. The summed E-state index contributed by atoms with van der Waals surface area (Å²) < 4.78 is 7.32. The Morgan fingerprint density at radius 1 is 1.06 bits per heavy atom. The summed E-state index contributed by atoms with van der Waals surface area (Å²) in [6.07, 6.45) is 1.67. The van der Waals surface area contributed by atoms with Gasteiger partial charge in [-0.1, -0.05) is 23.7 Å². The highest BCUT2D eigenvalue weighted by Gasteiger charge is 2.22. The number of aryl methyl sites for hydroxylation is 3. The third kappa shape index (κ3) is 5.15. The van der Waals surface area contributed by atoms with Gasteiger partial charge >= 0.3 is 0 Å². The Kier molecular flexibility index (Phi) is 6.93. The van der Waals surface area contributed by atoms with Crippen LogP contribution in [0.2, 0.25) is 5.02 Å². The normalized spacial score (nSPS) is 11.6. The van der Waals surface area contributed by atoms with Crippen LogP contribution in [0.3, 0.4) is 0 Å². The lowest BCUT2D eigenvalue weighted by Crippen LogP contribution is -2.25. The molecule has 0 aliphatic rings. The van der Waals surface area contributed by atoms with Gasteiger partial charge in [0.15, 0.2) is 5.82 Å². The summed E-state index contributed by atoms with van der Waals surface area (Å²) in [4.78, 5) is 31.3. The van der Waals surface area contributed by atoms with Crippen LogP contribution in [0.25, 0.3) is 16.9 Å². The van der Waals surface area contributed by atoms with Crippen LogP contribution in [0.4, 0.5) is 0 Å². The molecular formula is C27H28ClN5O3. The van der Waals surface area contributed by atoms with Gasteiger partial charge in [-0.05, 0) is 71.4 Å². The van der Waals surface area contributed by atoms with Crippen molar-refractivity contribution in [2.45, 2.75) is 53.8 Å². The second kappa shape index (κ2) is 9.79. The van der Waals surface area contributed by atoms with Crippen molar-refractivity contribution in [3.05, 3.63) is 92.1 Å². The van der Waals surface area contributed by atoms with E-state index in [-0.39, 0.29) is 18.0 Å². The largest absolute Gasteiger partial charge is 0.471 e. The molecule has 0 unspecified atom stereocenters. The molecule has 0 aliphatic heterocycles. The summed E-state index contributed by atoms with van der Waals surface area (Å²) in [5, 5.41) is 10.8. The van der Waals surface area contributed by atoms with E-state index in [1.165, 1.54) is 4.57 Å². The van der Waals surface area contributed by atoms with Crippen LogP contribution in [0, 0.1) is 27.7 Å². The maximum atomic E-state index is 13.4. The molecule has 0 fully saturated rings. The van der Waals surface area contributed by atoms with E-state index < -0.39 is 5.60 Å². The van der Waals surface area contributed by atoms with Crippen molar-refractivity contribution in [2.24, 2.45) is 0 Å². The summed E-state index contributed by atoms with van der Waals surface area (Å²) >= 11 is 6.55. The summed E-state index contributed by atoms with van der Waals surface area (Å²) in [6, 6.07) is 11.0. The molecule has 1 N–H and O–H groups in total. The molecule has 0 radical (unpaired) electrons. The molecule has 186 valence electrons. The molecule has 0 spiro atoms. The highest BCUT2D eigenvalue weighted by Crippen LogP contribution is 2.30. The summed E-state index contributed by atoms with van der Waals surface area (Å²) in [5.74, 6) is 0.981. The Balaban J connectivity index is 1.75. The molecule has 0 amide bonds. The van der Waals surface area contributed by atoms with E-state index in [1.807, 2.05) is 38.1 Å². The molecule has 0 atom stereocenters. The lowest BCUT2D eigenvalue weighted by atomic mass is 10.0. The summed E-state index contributed by atoms with van der Waals surface area (Å²) in [7, 11) is 0. The fraction of sp³-hybridized carbons (Fsp3) is 0.296. The second-order valence-electron chi connectivity index (χ2n) is 9.24. The third-order valence-electron chi connectivity index (χ3n) is 5.71. The van der Waals surface area contributed by atoms with Gasteiger partial charge in [0.1, 0.15) is 18.0 Å². The minimum Gasteiger partial charge on any atom is -0.471 e. The van der Waals surface area contributed by atoms with Crippen molar-refractivity contribution in [2.75, 3.05) is 0 Å². The molecule has 1 aromatic carbocycles. The van der Waals surface area contributed by atoms with Crippen molar-refractivity contribution in [1.29, 1.82) is 0 Å². The molecule has 9 heteroatoms. The number of rotatable bonds is 6. The highest BCUT2D eigenvalue weighted by atomic mass is 35.5. The number of benzene rings is 1. The molecule has 4 aromatic rings. The number of ether oxygens (including phenoxy) is 1. The van der Waals surface area contributed by atoms with Crippen molar-refractivity contribution in [1.82, 2.24) is 24.5 Å². The Morgan fingerprint density at radius 2 is 1.81 bits per heavy atom. The van der Waals surface area contributed by atoms with Gasteiger partial charge in [0.25, 0.3) is 5.56 Å². The number of nitrogens with zero attached hydrogens (tertiary/aromatic N) is 5. The van der Waals surface area contributed by atoms with Gasteiger partial charge in [-0.2, -0.15) is 4.98 Å². The quantitative estimate of drug-likeness (QED) is 0.402. The second-order valence-corrected chi connectivity index (χ2v) is 9.65. The lowest BCUT2D eigenvalue weighted by Gasteiger charge is -2.18. The Morgan fingerprint density at radius 3 is 2.50 bits per heavy atom.